The molecule has 0 saturated heterocycles. The second kappa shape index (κ2) is 10.4. The summed E-state index contributed by atoms with van der Waals surface area (Å²) in [5.74, 6) is 0. The standard InChI is InChI=1S/C28H28N6.ClH/c1-3-9-23-19(7-1)21-11-15-31-25(27(21)33-23)17-29-13-5-6-14-30-18-26-28-22(12-16-32-26)20-8-2-4-10-24(20)34-28;/h1-4,7-12,15-16,29-30,33-34H,5-6,13-14,17-18H2;1H. The molecule has 2 aromatic carbocycles. The maximum atomic E-state index is 4.61. The number of nitrogens with one attached hydrogen (secondary N) is 4. The summed E-state index contributed by atoms with van der Waals surface area (Å²) < 4.78 is 0. The molecule has 178 valence electrons. The third kappa shape index (κ3) is 4.60. The fraction of sp³-hybridized carbons (Fsp3) is 0.214. The molecule has 6 nitrogen and oxygen atoms in total. The van der Waals surface area contributed by atoms with Crippen LogP contribution in [0.2, 0.25) is 0 Å². The molecule has 6 rings (SSSR count). The van der Waals surface area contributed by atoms with Gasteiger partial charge in [0.15, 0.2) is 0 Å². The minimum Gasteiger partial charge on any atom is -0.353 e. The SMILES string of the molecule is Cl.c1ccc2c(c1)[nH]c1c(CNCCCCNCc3nccc4c3[nH]c3ccccc34)nccc12. The van der Waals surface area contributed by atoms with Gasteiger partial charge in [-0.05, 0) is 50.2 Å². The Balaban J connectivity index is 0.00000253. The summed E-state index contributed by atoms with van der Waals surface area (Å²) >= 11 is 0. The Labute approximate surface area is 210 Å². The second-order valence-electron chi connectivity index (χ2n) is 8.76. The van der Waals surface area contributed by atoms with Gasteiger partial charge in [-0.15, -0.1) is 12.4 Å². The van der Waals surface area contributed by atoms with Crippen LogP contribution in [0.25, 0.3) is 43.6 Å². The van der Waals surface area contributed by atoms with Crippen molar-refractivity contribution in [3.05, 3.63) is 84.4 Å². The van der Waals surface area contributed by atoms with Gasteiger partial charge in [-0.1, -0.05) is 36.4 Å². The molecule has 0 radical (unpaired) electrons. The van der Waals surface area contributed by atoms with Crippen LogP contribution >= 0.6 is 12.4 Å². The third-order valence-corrected chi connectivity index (χ3v) is 6.55. The number of aromatic nitrogens is 4. The molecular formula is C28H29ClN6. The van der Waals surface area contributed by atoms with Gasteiger partial charge < -0.3 is 20.6 Å². The van der Waals surface area contributed by atoms with E-state index in [2.05, 4.69) is 91.2 Å². The van der Waals surface area contributed by atoms with Gasteiger partial charge in [-0.2, -0.15) is 0 Å². The molecule has 0 fully saturated rings. The summed E-state index contributed by atoms with van der Waals surface area (Å²) in [6.07, 6.45) is 6.04. The summed E-state index contributed by atoms with van der Waals surface area (Å²) in [5, 5.41) is 12.1. The highest BCUT2D eigenvalue weighted by molar-refractivity contribution is 6.08. The summed E-state index contributed by atoms with van der Waals surface area (Å²) in [5.41, 5.74) is 6.74. The number of pyridine rings is 2. The maximum absolute atomic E-state index is 4.61. The number of aromatic amines is 2. The zero-order valence-corrected chi connectivity index (χ0v) is 20.3. The van der Waals surface area contributed by atoms with E-state index >= 15 is 0 Å². The van der Waals surface area contributed by atoms with Crippen LogP contribution in [0.5, 0.6) is 0 Å². The molecule has 6 aromatic rings. The highest BCUT2D eigenvalue weighted by atomic mass is 35.5. The van der Waals surface area contributed by atoms with Crippen molar-refractivity contribution in [3.8, 4) is 0 Å². The molecule has 0 bridgehead atoms. The van der Waals surface area contributed by atoms with E-state index in [0.29, 0.717) is 0 Å². The lowest BCUT2D eigenvalue weighted by Gasteiger charge is -2.07. The van der Waals surface area contributed by atoms with E-state index in [0.717, 1.165) is 72.5 Å². The quantitative estimate of drug-likeness (QED) is 0.195. The molecule has 0 atom stereocenters. The van der Waals surface area contributed by atoms with Crippen LogP contribution in [0.4, 0.5) is 0 Å². The normalized spacial score (nSPS) is 11.5. The molecule has 0 saturated carbocycles. The Hall–Kier alpha value is -3.45. The lowest BCUT2D eigenvalue weighted by Crippen LogP contribution is -2.19. The molecule has 7 heteroatoms. The van der Waals surface area contributed by atoms with Crippen molar-refractivity contribution in [1.29, 1.82) is 0 Å². The zero-order chi connectivity index (χ0) is 22.7. The van der Waals surface area contributed by atoms with Crippen LogP contribution < -0.4 is 10.6 Å². The monoisotopic (exact) mass is 484 g/mol. The minimum atomic E-state index is 0. The molecule has 4 N–H and O–H groups in total. The largest absolute Gasteiger partial charge is 0.353 e. The number of fused-ring (bicyclic) bond motifs is 6. The first-order valence-electron chi connectivity index (χ1n) is 12.0. The third-order valence-electron chi connectivity index (χ3n) is 6.55. The number of hydrogen-bond acceptors (Lipinski definition) is 4. The van der Waals surface area contributed by atoms with Crippen LogP contribution in [-0.4, -0.2) is 33.0 Å². The van der Waals surface area contributed by atoms with Crippen molar-refractivity contribution >= 4 is 56.0 Å². The molecular weight excluding hydrogens is 456 g/mol. The summed E-state index contributed by atoms with van der Waals surface area (Å²) in [7, 11) is 0. The molecule has 0 aliphatic heterocycles. The number of H-pyrrole nitrogens is 2. The van der Waals surface area contributed by atoms with Gasteiger partial charge in [0.2, 0.25) is 0 Å². The fourth-order valence-corrected chi connectivity index (χ4v) is 4.84. The Morgan fingerprint density at radius 3 is 1.51 bits per heavy atom. The van der Waals surface area contributed by atoms with Gasteiger partial charge in [-0.25, -0.2) is 0 Å². The van der Waals surface area contributed by atoms with E-state index in [9.17, 15) is 0 Å². The average Bonchev–Trinajstić information content (AvgIpc) is 3.45. The molecule has 0 amide bonds. The van der Waals surface area contributed by atoms with E-state index in [4.69, 9.17) is 0 Å². The summed E-state index contributed by atoms with van der Waals surface area (Å²) in [6.45, 7) is 3.47. The van der Waals surface area contributed by atoms with Crippen molar-refractivity contribution in [2.45, 2.75) is 25.9 Å². The highest BCUT2D eigenvalue weighted by Gasteiger charge is 2.09. The van der Waals surface area contributed by atoms with Crippen LogP contribution in [0.1, 0.15) is 24.2 Å². The van der Waals surface area contributed by atoms with Gasteiger partial charge in [0.1, 0.15) is 0 Å². The Kier molecular flexibility index (Phi) is 6.95. The van der Waals surface area contributed by atoms with Crippen molar-refractivity contribution in [3.63, 3.8) is 0 Å². The van der Waals surface area contributed by atoms with E-state index in [1.165, 1.54) is 21.5 Å². The number of rotatable bonds is 9. The molecule has 0 spiro atoms. The zero-order valence-electron chi connectivity index (χ0n) is 19.5. The summed E-state index contributed by atoms with van der Waals surface area (Å²) in [6, 6.07) is 21.0. The van der Waals surface area contributed by atoms with Crippen LogP contribution in [0.15, 0.2) is 73.1 Å². The molecule has 0 aliphatic rings. The first-order valence-corrected chi connectivity index (χ1v) is 12.0. The fourth-order valence-electron chi connectivity index (χ4n) is 4.84. The number of para-hydroxylation sites is 2. The number of halogens is 1. The summed E-state index contributed by atoms with van der Waals surface area (Å²) in [4.78, 5) is 16.3. The van der Waals surface area contributed by atoms with Crippen molar-refractivity contribution in [2.24, 2.45) is 0 Å². The van der Waals surface area contributed by atoms with Crippen LogP contribution in [-0.2, 0) is 13.1 Å². The maximum Gasteiger partial charge on any atom is 0.0782 e. The van der Waals surface area contributed by atoms with Gasteiger partial charge in [0.25, 0.3) is 0 Å². The molecule has 4 aromatic heterocycles. The first kappa shape index (κ1) is 23.3. The van der Waals surface area contributed by atoms with Crippen LogP contribution in [0.3, 0.4) is 0 Å². The first-order chi connectivity index (χ1) is 16.9. The van der Waals surface area contributed by atoms with Crippen molar-refractivity contribution in [1.82, 2.24) is 30.6 Å². The van der Waals surface area contributed by atoms with Gasteiger partial charge in [0.05, 0.1) is 22.4 Å². The predicted molar refractivity (Wildman–Crippen MR) is 147 cm³/mol. The van der Waals surface area contributed by atoms with E-state index in [-0.39, 0.29) is 12.4 Å². The van der Waals surface area contributed by atoms with E-state index in [1.807, 2.05) is 12.4 Å². The minimum absolute atomic E-state index is 0. The number of benzene rings is 2. The topological polar surface area (TPSA) is 81.4 Å². The average molecular weight is 485 g/mol. The number of nitrogens with zero attached hydrogens (tertiary/aromatic N) is 2. The smallest absolute Gasteiger partial charge is 0.0782 e. The Morgan fingerprint density at radius 1 is 0.571 bits per heavy atom. The lowest BCUT2D eigenvalue weighted by molar-refractivity contribution is 0.578. The van der Waals surface area contributed by atoms with Crippen molar-refractivity contribution < 1.29 is 0 Å². The van der Waals surface area contributed by atoms with Gasteiger partial charge in [0, 0.05) is 58.1 Å². The Bertz CT molecular complexity index is 1460. The predicted octanol–water partition coefficient (Wildman–Crippen LogP) is 5.83. The van der Waals surface area contributed by atoms with E-state index in [1.54, 1.807) is 0 Å². The van der Waals surface area contributed by atoms with Gasteiger partial charge in [-0.3, -0.25) is 9.97 Å². The molecule has 4 heterocycles. The second-order valence-corrected chi connectivity index (χ2v) is 8.76. The number of unbranched alkanes of at least 4 members (excludes halogenated alkanes) is 1. The molecule has 0 unspecified atom stereocenters. The number of hydrogen-bond donors (Lipinski definition) is 4. The van der Waals surface area contributed by atoms with Gasteiger partial charge >= 0.3 is 0 Å². The lowest BCUT2D eigenvalue weighted by atomic mass is 10.1. The van der Waals surface area contributed by atoms with E-state index < -0.39 is 0 Å². The van der Waals surface area contributed by atoms with Crippen LogP contribution in [0, 0.1) is 0 Å². The highest BCUT2D eigenvalue weighted by Crippen LogP contribution is 2.27. The Morgan fingerprint density at radius 2 is 1.03 bits per heavy atom. The molecule has 35 heavy (non-hydrogen) atoms. The molecule has 0 aliphatic carbocycles. The van der Waals surface area contributed by atoms with Crippen molar-refractivity contribution in [2.75, 3.05) is 13.1 Å².